The standard InChI is InChI=1S/C17H26N2O2/c1-2-14(7-11-20-10-1)19-9-6-15(12-19)21-16-4-3-13-5-8-18-17(13)16/h5,8,14-16,18H,1-4,6-7,9-12H2/t14?,15-,16?/m1/s1. The number of nitrogens with one attached hydrogen (secondary N) is 1. The molecule has 4 rings (SSSR count). The van der Waals surface area contributed by atoms with Crippen LogP contribution in [-0.4, -0.2) is 48.3 Å². The van der Waals surface area contributed by atoms with Gasteiger partial charge in [0, 0.05) is 44.2 Å². The number of nitrogens with zero attached hydrogens (tertiary/aromatic N) is 1. The van der Waals surface area contributed by atoms with Gasteiger partial charge in [-0.3, -0.25) is 4.90 Å². The van der Waals surface area contributed by atoms with Gasteiger partial charge in [0.05, 0.1) is 12.2 Å². The van der Waals surface area contributed by atoms with Crippen molar-refractivity contribution in [3.63, 3.8) is 0 Å². The lowest BCUT2D eigenvalue weighted by molar-refractivity contribution is -0.0109. The minimum absolute atomic E-state index is 0.303. The number of hydrogen-bond acceptors (Lipinski definition) is 3. The van der Waals surface area contributed by atoms with E-state index in [0.717, 1.165) is 26.2 Å². The number of aromatic amines is 1. The summed E-state index contributed by atoms with van der Waals surface area (Å²) in [5.41, 5.74) is 2.78. The van der Waals surface area contributed by atoms with Crippen LogP contribution in [-0.2, 0) is 15.9 Å². The van der Waals surface area contributed by atoms with E-state index in [4.69, 9.17) is 9.47 Å². The highest BCUT2D eigenvalue weighted by Gasteiger charge is 2.33. The molecule has 1 N–H and O–H groups in total. The molecular formula is C17H26N2O2. The first-order valence-corrected chi connectivity index (χ1v) is 8.53. The van der Waals surface area contributed by atoms with E-state index in [1.54, 1.807) is 0 Å². The van der Waals surface area contributed by atoms with Crippen molar-refractivity contribution in [2.75, 3.05) is 26.3 Å². The van der Waals surface area contributed by atoms with Gasteiger partial charge in [-0.2, -0.15) is 0 Å². The normalized spacial score (nSPS) is 34.0. The van der Waals surface area contributed by atoms with Crippen LogP contribution in [0.3, 0.4) is 0 Å². The third kappa shape index (κ3) is 2.89. The average Bonchev–Trinajstić information content (AvgIpc) is 3.15. The number of fused-ring (bicyclic) bond motifs is 1. The largest absolute Gasteiger partial charge is 0.381 e. The van der Waals surface area contributed by atoms with Crippen molar-refractivity contribution in [1.29, 1.82) is 0 Å². The summed E-state index contributed by atoms with van der Waals surface area (Å²) in [6.45, 7) is 4.18. The van der Waals surface area contributed by atoms with Crippen molar-refractivity contribution in [2.45, 2.75) is 56.8 Å². The minimum Gasteiger partial charge on any atom is -0.381 e. The molecule has 0 aromatic carbocycles. The third-order valence-electron chi connectivity index (χ3n) is 5.34. The number of aryl methyl sites for hydroxylation is 1. The second-order valence-electron chi connectivity index (χ2n) is 6.68. The Hall–Kier alpha value is -0.840. The van der Waals surface area contributed by atoms with Gasteiger partial charge >= 0.3 is 0 Å². The van der Waals surface area contributed by atoms with Crippen molar-refractivity contribution >= 4 is 0 Å². The number of rotatable bonds is 3. The van der Waals surface area contributed by atoms with Crippen molar-refractivity contribution in [3.8, 4) is 0 Å². The molecule has 0 radical (unpaired) electrons. The summed E-state index contributed by atoms with van der Waals surface area (Å²) in [4.78, 5) is 6.01. The molecule has 3 heterocycles. The van der Waals surface area contributed by atoms with Crippen LogP contribution >= 0.6 is 0 Å². The smallest absolute Gasteiger partial charge is 0.0982 e. The highest BCUT2D eigenvalue weighted by molar-refractivity contribution is 5.27. The van der Waals surface area contributed by atoms with Crippen LogP contribution in [0.4, 0.5) is 0 Å². The predicted octanol–water partition coefficient (Wildman–Crippen LogP) is 2.66. The van der Waals surface area contributed by atoms with E-state index in [-0.39, 0.29) is 0 Å². The summed E-state index contributed by atoms with van der Waals surface area (Å²) in [5, 5.41) is 0. The van der Waals surface area contributed by atoms with Crippen LogP contribution in [0.25, 0.3) is 0 Å². The van der Waals surface area contributed by atoms with Crippen molar-refractivity contribution < 1.29 is 9.47 Å². The molecule has 3 atom stereocenters. The fraction of sp³-hybridized carbons (Fsp3) is 0.765. The molecule has 0 spiro atoms. The van der Waals surface area contributed by atoms with Crippen molar-refractivity contribution in [3.05, 3.63) is 23.5 Å². The van der Waals surface area contributed by atoms with E-state index in [1.165, 1.54) is 49.9 Å². The Morgan fingerprint density at radius 2 is 2.19 bits per heavy atom. The number of likely N-dealkylation sites (tertiary alicyclic amines) is 1. The lowest BCUT2D eigenvalue weighted by atomic mass is 10.1. The van der Waals surface area contributed by atoms with Crippen LogP contribution < -0.4 is 0 Å². The first-order chi connectivity index (χ1) is 10.4. The van der Waals surface area contributed by atoms with Gasteiger partial charge in [-0.25, -0.2) is 0 Å². The maximum Gasteiger partial charge on any atom is 0.0982 e. The summed E-state index contributed by atoms with van der Waals surface area (Å²) in [7, 11) is 0. The SMILES string of the molecule is c1cc2c([nH]1)C(O[C@@H]1CCN(C3CCCOCC3)C1)CC2. The van der Waals surface area contributed by atoms with Gasteiger partial charge in [0.1, 0.15) is 0 Å². The Balaban J connectivity index is 1.32. The molecule has 2 unspecified atom stereocenters. The molecule has 2 aliphatic heterocycles. The molecule has 3 aliphatic rings. The van der Waals surface area contributed by atoms with E-state index in [1.807, 2.05) is 6.20 Å². The Bertz CT molecular complexity index is 465. The summed E-state index contributed by atoms with van der Waals surface area (Å²) >= 11 is 0. The monoisotopic (exact) mass is 290 g/mol. The van der Waals surface area contributed by atoms with Crippen LogP contribution in [0.15, 0.2) is 12.3 Å². The fourth-order valence-corrected chi connectivity index (χ4v) is 4.18. The molecule has 4 heteroatoms. The predicted molar refractivity (Wildman–Crippen MR) is 81.4 cm³/mol. The zero-order valence-electron chi connectivity index (χ0n) is 12.7. The van der Waals surface area contributed by atoms with E-state index < -0.39 is 0 Å². The van der Waals surface area contributed by atoms with E-state index >= 15 is 0 Å². The molecule has 1 aromatic rings. The quantitative estimate of drug-likeness (QED) is 0.930. The number of hydrogen-bond donors (Lipinski definition) is 1. The highest BCUT2D eigenvalue weighted by atomic mass is 16.5. The first-order valence-electron chi connectivity index (χ1n) is 8.53. The summed E-state index contributed by atoms with van der Waals surface area (Å²) in [6, 6.07) is 2.91. The Morgan fingerprint density at radius 3 is 3.19 bits per heavy atom. The molecule has 21 heavy (non-hydrogen) atoms. The molecular weight excluding hydrogens is 264 g/mol. The average molecular weight is 290 g/mol. The molecule has 2 saturated heterocycles. The topological polar surface area (TPSA) is 37.5 Å². The molecule has 0 amide bonds. The number of aromatic nitrogens is 1. The Labute approximate surface area is 126 Å². The molecule has 1 aromatic heterocycles. The maximum absolute atomic E-state index is 6.41. The van der Waals surface area contributed by atoms with Gasteiger partial charge in [0.25, 0.3) is 0 Å². The molecule has 4 nitrogen and oxygen atoms in total. The van der Waals surface area contributed by atoms with Crippen LogP contribution in [0, 0.1) is 0 Å². The fourth-order valence-electron chi connectivity index (χ4n) is 4.18. The maximum atomic E-state index is 6.41. The first kappa shape index (κ1) is 13.8. The van der Waals surface area contributed by atoms with Gasteiger partial charge in [-0.05, 0) is 50.2 Å². The lowest BCUT2D eigenvalue weighted by Gasteiger charge is -2.26. The number of H-pyrrole nitrogens is 1. The molecule has 0 saturated carbocycles. The van der Waals surface area contributed by atoms with Crippen LogP contribution in [0.5, 0.6) is 0 Å². The molecule has 0 bridgehead atoms. The molecule has 116 valence electrons. The van der Waals surface area contributed by atoms with E-state index in [2.05, 4.69) is 16.0 Å². The van der Waals surface area contributed by atoms with Crippen LogP contribution in [0.1, 0.15) is 49.5 Å². The zero-order valence-corrected chi connectivity index (χ0v) is 12.7. The number of ether oxygens (including phenoxy) is 2. The van der Waals surface area contributed by atoms with Gasteiger partial charge in [-0.15, -0.1) is 0 Å². The summed E-state index contributed by atoms with van der Waals surface area (Å²) < 4.78 is 12.0. The van der Waals surface area contributed by atoms with Gasteiger partial charge in [0.2, 0.25) is 0 Å². The lowest BCUT2D eigenvalue weighted by Crippen LogP contribution is -2.34. The van der Waals surface area contributed by atoms with E-state index in [0.29, 0.717) is 18.2 Å². The second-order valence-corrected chi connectivity index (χ2v) is 6.68. The van der Waals surface area contributed by atoms with Crippen LogP contribution in [0.2, 0.25) is 0 Å². The van der Waals surface area contributed by atoms with Gasteiger partial charge in [0.15, 0.2) is 0 Å². The zero-order chi connectivity index (χ0) is 14.1. The third-order valence-corrected chi connectivity index (χ3v) is 5.34. The van der Waals surface area contributed by atoms with Gasteiger partial charge < -0.3 is 14.5 Å². The second kappa shape index (κ2) is 6.11. The molecule has 2 fully saturated rings. The summed E-state index contributed by atoms with van der Waals surface area (Å²) in [5.74, 6) is 0. The van der Waals surface area contributed by atoms with E-state index in [9.17, 15) is 0 Å². The Morgan fingerprint density at radius 1 is 1.19 bits per heavy atom. The minimum atomic E-state index is 0.303. The summed E-state index contributed by atoms with van der Waals surface area (Å²) in [6.07, 6.45) is 9.95. The van der Waals surface area contributed by atoms with Crippen molar-refractivity contribution in [2.24, 2.45) is 0 Å². The highest BCUT2D eigenvalue weighted by Crippen LogP contribution is 2.35. The molecule has 1 aliphatic carbocycles. The Kier molecular flexibility index (Phi) is 4.01. The van der Waals surface area contributed by atoms with Crippen molar-refractivity contribution in [1.82, 2.24) is 9.88 Å². The van der Waals surface area contributed by atoms with Gasteiger partial charge in [-0.1, -0.05) is 0 Å².